The summed E-state index contributed by atoms with van der Waals surface area (Å²) >= 11 is 6.03. The number of rotatable bonds is 6. The predicted octanol–water partition coefficient (Wildman–Crippen LogP) is 2.58. The molecule has 0 fully saturated rings. The normalized spacial score (nSPS) is 12.4. The van der Waals surface area contributed by atoms with Crippen molar-refractivity contribution in [2.24, 2.45) is 12.8 Å². The van der Waals surface area contributed by atoms with Gasteiger partial charge in [-0.15, -0.1) is 0 Å². The van der Waals surface area contributed by atoms with Gasteiger partial charge in [-0.05, 0) is 43.2 Å². The largest absolute Gasteiger partial charge is 0.493 e. The van der Waals surface area contributed by atoms with Gasteiger partial charge >= 0.3 is 0 Å². The van der Waals surface area contributed by atoms with E-state index >= 15 is 0 Å². The highest BCUT2D eigenvalue weighted by molar-refractivity contribution is 6.30. The van der Waals surface area contributed by atoms with Gasteiger partial charge in [0.05, 0.1) is 6.61 Å². The summed E-state index contributed by atoms with van der Waals surface area (Å²) in [4.78, 5) is 0. The molecule has 1 aromatic carbocycles. The Bertz CT molecular complexity index is 566. The number of nitrogens with zero attached hydrogens (tertiary/aromatic N) is 2. The molecule has 1 aromatic heterocycles. The average Bonchev–Trinajstić information content (AvgIpc) is 2.77. The maximum Gasteiger partial charge on any atom is 0.122 e. The van der Waals surface area contributed by atoms with E-state index < -0.39 is 0 Å². The van der Waals surface area contributed by atoms with Gasteiger partial charge < -0.3 is 10.5 Å². The van der Waals surface area contributed by atoms with E-state index in [1.165, 1.54) is 0 Å². The summed E-state index contributed by atoms with van der Waals surface area (Å²) in [5.74, 6) is 0.855. The third-order valence-corrected chi connectivity index (χ3v) is 3.34. The first-order chi connectivity index (χ1) is 9.56. The lowest BCUT2D eigenvalue weighted by molar-refractivity contribution is 0.314. The molecule has 2 rings (SSSR count). The van der Waals surface area contributed by atoms with E-state index in [1.54, 1.807) is 6.20 Å². The minimum Gasteiger partial charge on any atom is -0.493 e. The van der Waals surface area contributed by atoms with Crippen molar-refractivity contribution in [1.82, 2.24) is 9.78 Å². The van der Waals surface area contributed by atoms with Crippen LogP contribution in [0, 0.1) is 0 Å². The first kappa shape index (κ1) is 14.9. The number of halogens is 1. The third-order valence-electron chi connectivity index (χ3n) is 3.10. The Kier molecular flexibility index (Phi) is 5.04. The Balaban J connectivity index is 2.00. The average molecular weight is 294 g/mol. The van der Waals surface area contributed by atoms with Crippen molar-refractivity contribution in [1.29, 1.82) is 0 Å². The van der Waals surface area contributed by atoms with Crippen LogP contribution in [0.15, 0.2) is 30.5 Å². The van der Waals surface area contributed by atoms with Gasteiger partial charge in [0.15, 0.2) is 0 Å². The van der Waals surface area contributed by atoms with E-state index in [2.05, 4.69) is 5.10 Å². The Morgan fingerprint density at radius 3 is 2.85 bits per heavy atom. The maximum absolute atomic E-state index is 6.03. The summed E-state index contributed by atoms with van der Waals surface area (Å²) in [6, 6.07) is 7.74. The number of hydrogen-bond acceptors (Lipinski definition) is 3. The molecular formula is C15H20ClN3O. The molecule has 0 radical (unpaired) electrons. The highest BCUT2D eigenvalue weighted by atomic mass is 35.5. The molecule has 0 amide bonds. The first-order valence-corrected chi connectivity index (χ1v) is 7.07. The van der Waals surface area contributed by atoms with E-state index in [0.29, 0.717) is 11.6 Å². The van der Waals surface area contributed by atoms with Crippen molar-refractivity contribution in [3.63, 3.8) is 0 Å². The van der Waals surface area contributed by atoms with Gasteiger partial charge in [0.1, 0.15) is 5.75 Å². The van der Waals surface area contributed by atoms with Crippen molar-refractivity contribution in [3.05, 3.63) is 46.7 Å². The van der Waals surface area contributed by atoms with E-state index in [0.717, 1.165) is 29.8 Å². The summed E-state index contributed by atoms with van der Waals surface area (Å²) in [7, 11) is 1.93. The minimum atomic E-state index is 0.0768. The number of ether oxygens (including phenoxy) is 1. The molecule has 0 aliphatic rings. The van der Waals surface area contributed by atoms with Crippen LogP contribution < -0.4 is 10.5 Å². The summed E-state index contributed by atoms with van der Waals surface area (Å²) in [5.41, 5.74) is 8.06. The van der Waals surface area contributed by atoms with E-state index in [-0.39, 0.29) is 6.04 Å². The molecule has 20 heavy (non-hydrogen) atoms. The van der Waals surface area contributed by atoms with Gasteiger partial charge in [0.2, 0.25) is 0 Å². The van der Waals surface area contributed by atoms with E-state index in [1.807, 2.05) is 42.9 Å². The van der Waals surface area contributed by atoms with Crippen LogP contribution in [0.5, 0.6) is 5.75 Å². The van der Waals surface area contributed by atoms with Crippen LogP contribution in [-0.4, -0.2) is 22.4 Å². The lowest BCUT2D eigenvalue weighted by Crippen LogP contribution is -2.18. The maximum atomic E-state index is 6.03. The molecule has 1 unspecified atom stereocenters. The van der Waals surface area contributed by atoms with Crippen molar-refractivity contribution in [2.45, 2.75) is 25.8 Å². The molecule has 5 heteroatoms. The molecule has 0 aliphatic heterocycles. The van der Waals surface area contributed by atoms with Crippen molar-refractivity contribution < 1.29 is 4.74 Å². The Morgan fingerprint density at radius 1 is 1.40 bits per heavy atom. The highest BCUT2D eigenvalue weighted by Crippen LogP contribution is 2.24. The van der Waals surface area contributed by atoms with Crippen LogP contribution >= 0.6 is 11.6 Å². The smallest absolute Gasteiger partial charge is 0.122 e. The zero-order chi connectivity index (χ0) is 14.5. The second kappa shape index (κ2) is 6.77. The number of aromatic nitrogens is 2. The molecule has 0 spiro atoms. The van der Waals surface area contributed by atoms with Gasteiger partial charge in [0.25, 0.3) is 0 Å². The molecule has 2 aromatic rings. The molecule has 4 nitrogen and oxygen atoms in total. The fourth-order valence-electron chi connectivity index (χ4n) is 2.11. The van der Waals surface area contributed by atoms with E-state index in [9.17, 15) is 0 Å². The second-order valence-electron chi connectivity index (χ2n) is 4.98. The van der Waals surface area contributed by atoms with Crippen molar-refractivity contribution >= 4 is 11.6 Å². The van der Waals surface area contributed by atoms with Crippen LogP contribution in [0.3, 0.4) is 0 Å². The number of aryl methyl sites for hydroxylation is 1. The number of benzene rings is 1. The topological polar surface area (TPSA) is 53.1 Å². The van der Waals surface area contributed by atoms with Crippen LogP contribution in [0.1, 0.15) is 18.2 Å². The van der Waals surface area contributed by atoms with Crippen molar-refractivity contribution in [2.75, 3.05) is 6.61 Å². The summed E-state index contributed by atoms with van der Waals surface area (Å²) < 4.78 is 7.72. The second-order valence-corrected chi connectivity index (χ2v) is 5.41. The lowest BCUT2D eigenvalue weighted by Gasteiger charge is -2.13. The van der Waals surface area contributed by atoms with Crippen molar-refractivity contribution in [3.8, 4) is 5.75 Å². The molecule has 0 saturated carbocycles. The molecule has 0 aliphatic carbocycles. The zero-order valence-electron chi connectivity index (χ0n) is 11.8. The van der Waals surface area contributed by atoms with Crippen LogP contribution in [0.2, 0.25) is 5.02 Å². The molecule has 0 bridgehead atoms. The fraction of sp³-hybridized carbons (Fsp3) is 0.400. The third kappa shape index (κ3) is 3.99. The van der Waals surface area contributed by atoms with Gasteiger partial charge in [-0.2, -0.15) is 5.10 Å². The highest BCUT2D eigenvalue weighted by Gasteiger charge is 2.08. The molecule has 1 atom stereocenters. The van der Waals surface area contributed by atoms with Gasteiger partial charge in [0, 0.05) is 36.4 Å². The lowest BCUT2D eigenvalue weighted by atomic mass is 10.1. The zero-order valence-corrected chi connectivity index (χ0v) is 12.6. The van der Waals surface area contributed by atoms with Gasteiger partial charge in [-0.25, -0.2) is 0 Å². The molecule has 108 valence electrons. The SMILES string of the molecule is CC(N)Cc1cc(Cl)ccc1OCCc1ccnn1C. The summed E-state index contributed by atoms with van der Waals surface area (Å²) in [6.45, 7) is 2.58. The van der Waals surface area contributed by atoms with Crippen LogP contribution in [0.25, 0.3) is 0 Å². The number of nitrogens with two attached hydrogens (primary N) is 1. The Morgan fingerprint density at radius 2 is 2.20 bits per heavy atom. The Hall–Kier alpha value is -1.52. The van der Waals surface area contributed by atoms with Crippen LogP contribution in [0.4, 0.5) is 0 Å². The quantitative estimate of drug-likeness (QED) is 0.890. The summed E-state index contributed by atoms with van der Waals surface area (Å²) in [5, 5.41) is 4.85. The standard InChI is InChI=1S/C15H20ClN3O/c1-11(17)9-12-10-13(16)3-4-15(12)20-8-6-14-5-7-18-19(14)2/h3-5,7,10-11H,6,8-9,17H2,1-2H3. The molecule has 2 N–H and O–H groups in total. The fourth-order valence-corrected chi connectivity index (χ4v) is 2.30. The van der Waals surface area contributed by atoms with E-state index in [4.69, 9.17) is 22.1 Å². The monoisotopic (exact) mass is 293 g/mol. The van der Waals surface area contributed by atoms with Crippen LogP contribution in [-0.2, 0) is 19.9 Å². The number of hydrogen-bond donors (Lipinski definition) is 1. The van der Waals surface area contributed by atoms with Gasteiger partial charge in [-0.1, -0.05) is 11.6 Å². The summed E-state index contributed by atoms with van der Waals surface area (Å²) in [6.07, 6.45) is 3.36. The Labute approximate surface area is 124 Å². The predicted molar refractivity (Wildman–Crippen MR) is 81.2 cm³/mol. The minimum absolute atomic E-state index is 0.0768. The first-order valence-electron chi connectivity index (χ1n) is 6.70. The van der Waals surface area contributed by atoms with Gasteiger partial charge in [-0.3, -0.25) is 4.68 Å². The molecular weight excluding hydrogens is 274 g/mol. The molecule has 1 heterocycles. The molecule has 0 saturated heterocycles.